The number of Topliss-reactive ketones (excluding diaryl/α,β-unsaturated/α-hetero) is 1. The molecule has 0 aliphatic carbocycles. The molecule has 1 aromatic heterocycles. The quantitative estimate of drug-likeness (QED) is 0.608. The van der Waals surface area contributed by atoms with Gasteiger partial charge in [0.2, 0.25) is 6.41 Å². The van der Waals surface area contributed by atoms with Crippen molar-refractivity contribution in [2.45, 2.75) is 19.8 Å². The predicted molar refractivity (Wildman–Crippen MR) is 111 cm³/mol. The normalized spacial score (nSPS) is 13.4. The van der Waals surface area contributed by atoms with Crippen molar-refractivity contribution in [3.63, 3.8) is 0 Å². The molecule has 28 heavy (non-hydrogen) atoms. The number of anilines is 2. The number of nitrogens with zero attached hydrogens (tertiary/aromatic N) is 3. The highest BCUT2D eigenvalue weighted by Gasteiger charge is 2.15. The summed E-state index contributed by atoms with van der Waals surface area (Å²) in [5.74, 6) is 1.52. The lowest BCUT2D eigenvalue weighted by molar-refractivity contribution is -0.118. The number of hydrogen-bond acceptors (Lipinski definition) is 6. The second kappa shape index (κ2) is 10.9. The molecule has 1 amide bonds. The second-order valence-electron chi connectivity index (χ2n) is 6.47. The predicted octanol–water partition coefficient (Wildman–Crippen LogP) is 2.62. The van der Waals surface area contributed by atoms with Crippen LogP contribution in [-0.4, -0.2) is 55.4 Å². The van der Waals surface area contributed by atoms with Gasteiger partial charge in [-0.3, -0.25) is 9.59 Å². The minimum Gasteiger partial charge on any atom is -0.497 e. The Morgan fingerprint density at radius 1 is 1.14 bits per heavy atom. The fraction of sp³-hybridized carbons (Fsp3) is 0.381. The van der Waals surface area contributed by atoms with Gasteiger partial charge in [0, 0.05) is 38.2 Å². The van der Waals surface area contributed by atoms with Gasteiger partial charge in [0.05, 0.1) is 19.0 Å². The van der Waals surface area contributed by atoms with Crippen molar-refractivity contribution in [1.82, 2.24) is 9.88 Å². The van der Waals surface area contributed by atoms with Gasteiger partial charge in [-0.2, -0.15) is 0 Å². The number of methoxy groups -OCH3 is 1. The molecule has 150 valence electrons. The van der Waals surface area contributed by atoms with Crippen LogP contribution in [0.4, 0.5) is 11.5 Å². The van der Waals surface area contributed by atoms with E-state index in [1.807, 2.05) is 25.1 Å². The van der Waals surface area contributed by atoms with E-state index in [-0.39, 0.29) is 5.78 Å². The number of nitrogen functional groups attached to an aromatic ring is 1. The molecule has 2 aromatic rings. The SMILES string of the molecule is CCCC(=O)c1ccc(OC)cc1.Nc1ccc(N2CCN(C=O)CC2)cn1. The highest BCUT2D eigenvalue weighted by atomic mass is 16.5. The standard InChI is InChI=1S/C11H14O2.C10H14N4O/c1-3-4-11(12)9-5-7-10(13-2)8-6-9;11-10-2-1-9(7-12-10)14-5-3-13(8-15)4-6-14/h5-8H,3-4H2,1-2H3;1-2,7-8H,3-6H2,(H2,11,12). The number of nitrogens with two attached hydrogens (primary N) is 1. The molecule has 7 heteroatoms. The Bertz CT molecular complexity index is 739. The molecule has 0 saturated carbocycles. The van der Waals surface area contributed by atoms with Gasteiger partial charge >= 0.3 is 0 Å². The van der Waals surface area contributed by atoms with E-state index >= 15 is 0 Å². The third-order valence-electron chi connectivity index (χ3n) is 4.49. The Morgan fingerprint density at radius 3 is 2.32 bits per heavy atom. The number of piperazine rings is 1. The van der Waals surface area contributed by atoms with E-state index in [9.17, 15) is 9.59 Å². The van der Waals surface area contributed by atoms with E-state index in [0.717, 1.165) is 56.0 Å². The van der Waals surface area contributed by atoms with Crippen LogP contribution in [0.3, 0.4) is 0 Å². The summed E-state index contributed by atoms with van der Waals surface area (Å²) in [7, 11) is 1.61. The minimum atomic E-state index is 0.199. The summed E-state index contributed by atoms with van der Waals surface area (Å²) in [4.78, 5) is 30.0. The Balaban J connectivity index is 0.000000203. The number of benzene rings is 1. The number of ketones is 1. The van der Waals surface area contributed by atoms with Crippen LogP contribution < -0.4 is 15.4 Å². The van der Waals surface area contributed by atoms with Crippen molar-refractivity contribution < 1.29 is 14.3 Å². The van der Waals surface area contributed by atoms with E-state index in [4.69, 9.17) is 10.5 Å². The number of carbonyl (C=O) groups is 2. The van der Waals surface area contributed by atoms with Crippen LogP contribution in [0.15, 0.2) is 42.6 Å². The van der Waals surface area contributed by atoms with Gasteiger partial charge in [0.1, 0.15) is 11.6 Å². The largest absolute Gasteiger partial charge is 0.497 e. The number of rotatable bonds is 6. The molecule has 7 nitrogen and oxygen atoms in total. The van der Waals surface area contributed by atoms with Crippen molar-refractivity contribution in [3.05, 3.63) is 48.2 Å². The van der Waals surface area contributed by atoms with Crippen LogP contribution >= 0.6 is 0 Å². The smallest absolute Gasteiger partial charge is 0.209 e. The summed E-state index contributed by atoms with van der Waals surface area (Å²) in [6, 6.07) is 11.0. The van der Waals surface area contributed by atoms with E-state index in [2.05, 4.69) is 9.88 Å². The summed E-state index contributed by atoms with van der Waals surface area (Å²) in [6.07, 6.45) is 4.18. The number of aromatic nitrogens is 1. The molecular weight excluding hydrogens is 356 g/mol. The number of pyridine rings is 1. The van der Waals surface area contributed by atoms with Gasteiger partial charge in [-0.05, 0) is 42.8 Å². The van der Waals surface area contributed by atoms with Gasteiger partial charge in [-0.15, -0.1) is 0 Å². The van der Waals surface area contributed by atoms with Crippen molar-refractivity contribution in [3.8, 4) is 5.75 Å². The van der Waals surface area contributed by atoms with Crippen LogP contribution in [0.5, 0.6) is 5.75 Å². The molecule has 1 aliphatic heterocycles. The van der Waals surface area contributed by atoms with E-state index < -0.39 is 0 Å². The van der Waals surface area contributed by atoms with Gasteiger partial charge in [-0.1, -0.05) is 6.92 Å². The Morgan fingerprint density at radius 2 is 1.82 bits per heavy atom. The van der Waals surface area contributed by atoms with Crippen LogP contribution in [0.1, 0.15) is 30.1 Å². The molecule has 2 N–H and O–H groups in total. The molecule has 0 radical (unpaired) electrons. The summed E-state index contributed by atoms with van der Waals surface area (Å²) >= 11 is 0. The molecule has 1 aliphatic rings. The third-order valence-corrected chi connectivity index (χ3v) is 4.49. The average Bonchev–Trinajstić information content (AvgIpc) is 2.75. The molecular formula is C21H28N4O3. The van der Waals surface area contributed by atoms with E-state index in [1.54, 1.807) is 36.4 Å². The number of carbonyl (C=O) groups excluding carboxylic acids is 2. The number of hydrogen-bond donors (Lipinski definition) is 1. The lowest BCUT2D eigenvalue weighted by Crippen LogP contribution is -2.45. The first-order chi connectivity index (χ1) is 13.6. The van der Waals surface area contributed by atoms with Crippen LogP contribution in [0.25, 0.3) is 0 Å². The third kappa shape index (κ3) is 6.26. The molecule has 0 atom stereocenters. The summed E-state index contributed by atoms with van der Waals surface area (Å²) in [5, 5.41) is 0. The van der Waals surface area contributed by atoms with Crippen LogP contribution in [-0.2, 0) is 4.79 Å². The highest BCUT2D eigenvalue weighted by Crippen LogP contribution is 2.15. The maximum absolute atomic E-state index is 11.4. The summed E-state index contributed by atoms with van der Waals surface area (Å²) in [5.41, 5.74) is 7.35. The van der Waals surface area contributed by atoms with Gasteiger partial charge in [0.15, 0.2) is 5.78 Å². The highest BCUT2D eigenvalue weighted by molar-refractivity contribution is 5.96. The second-order valence-corrected chi connectivity index (χ2v) is 6.47. The lowest BCUT2D eigenvalue weighted by Gasteiger charge is -2.33. The number of ether oxygens (including phenoxy) is 1. The molecule has 3 rings (SSSR count). The first kappa shape index (κ1) is 21.2. The molecule has 2 heterocycles. The fourth-order valence-electron chi connectivity index (χ4n) is 2.82. The topological polar surface area (TPSA) is 88.8 Å². The zero-order valence-corrected chi connectivity index (χ0v) is 16.5. The van der Waals surface area contributed by atoms with Gasteiger partial charge < -0.3 is 20.3 Å². The molecule has 1 aromatic carbocycles. The molecule has 1 saturated heterocycles. The van der Waals surface area contributed by atoms with Gasteiger partial charge in [0.25, 0.3) is 0 Å². The van der Waals surface area contributed by atoms with Crippen molar-refractivity contribution in [1.29, 1.82) is 0 Å². The molecule has 0 spiro atoms. The maximum atomic E-state index is 11.4. The Hall–Kier alpha value is -3.09. The van der Waals surface area contributed by atoms with Crippen LogP contribution in [0, 0.1) is 0 Å². The van der Waals surface area contributed by atoms with Crippen molar-refractivity contribution in [2.24, 2.45) is 0 Å². The summed E-state index contributed by atoms with van der Waals surface area (Å²) < 4.78 is 5.00. The van der Waals surface area contributed by atoms with E-state index in [1.165, 1.54) is 0 Å². The molecule has 0 bridgehead atoms. The Kier molecular flexibility index (Phi) is 8.27. The number of amides is 1. The average molecular weight is 384 g/mol. The summed E-state index contributed by atoms with van der Waals surface area (Å²) in [6.45, 7) is 5.25. The maximum Gasteiger partial charge on any atom is 0.209 e. The monoisotopic (exact) mass is 384 g/mol. The molecule has 0 unspecified atom stereocenters. The molecule has 1 fully saturated rings. The zero-order valence-electron chi connectivity index (χ0n) is 16.5. The van der Waals surface area contributed by atoms with E-state index in [0.29, 0.717) is 12.2 Å². The van der Waals surface area contributed by atoms with Crippen LogP contribution in [0.2, 0.25) is 0 Å². The van der Waals surface area contributed by atoms with Crippen molar-refractivity contribution >= 4 is 23.7 Å². The first-order valence-electron chi connectivity index (χ1n) is 9.40. The Labute approximate surface area is 166 Å². The van der Waals surface area contributed by atoms with Crippen molar-refractivity contribution in [2.75, 3.05) is 43.9 Å². The zero-order chi connectivity index (χ0) is 20.4. The minimum absolute atomic E-state index is 0.199. The van der Waals surface area contributed by atoms with Gasteiger partial charge in [-0.25, -0.2) is 4.98 Å². The fourth-order valence-corrected chi connectivity index (χ4v) is 2.82. The lowest BCUT2D eigenvalue weighted by atomic mass is 10.1. The first-order valence-corrected chi connectivity index (χ1v) is 9.40.